The van der Waals surface area contributed by atoms with Crippen molar-refractivity contribution < 1.29 is 4.79 Å². The summed E-state index contributed by atoms with van der Waals surface area (Å²) < 4.78 is 2.07. The van der Waals surface area contributed by atoms with Crippen LogP contribution in [0.3, 0.4) is 0 Å². The molecule has 1 saturated heterocycles. The number of hydrazone groups is 2. The second-order valence-corrected chi connectivity index (χ2v) is 11.1. The first-order valence-electron chi connectivity index (χ1n) is 13.6. The van der Waals surface area contributed by atoms with Gasteiger partial charge in [-0.3, -0.25) is 19.7 Å². The molecule has 4 N–H and O–H groups in total. The number of amides is 1. The Kier molecular flexibility index (Phi) is 9.53. The fourth-order valence-corrected chi connectivity index (χ4v) is 5.76. The molecule has 3 aromatic carbocycles. The minimum atomic E-state index is -0.371. The number of halogens is 2. The van der Waals surface area contributed by atoms with Gasteiger partial charge in [0.05, 0.1) is 12.2 Å². The van der Waals surface area contributed by atoms with E-state index >= 15 is 0 Å². The van der Waals surface area contributed by atoms with Crippen LogP contribution < -0.4 is 16.6 Å². The molecule has 0 radical (unpaired) electrons. The molecule has 2 heterocycles. The molecule has 1 aliphatic rings. The number of carbonyl (C=O) groups is 1. The van der Waals surface area contributed by atoms with Crippen molar-refractivity contribution in [3.63, 3.8) is 0 Å². The Balaban J connectivity index is 1.35. The van der Waals surface area contributed by atoms with E-state index in [9.17, 15) is 4.79 Å². The third-order valence-corrected chi connectivity index (χ3v) is 7.76. The van der Waals surface area contributed by atoms with Gasteiger partial charge >= 0.3 is 0 Å². The summed E-state index contributed by atoms with van der Waals surface area (Å²) in [5.74, 6) is 5.26. The Morgan fingerprint density at radius 1 is 0.952 bits per heavy atom. The molecule has 42 heavy (non-hydrogen) atoms. The van der Waals surface area contributed by atoms with Crippen LogP contribution in [0.2, 0.25) is 10.0 Å². The number of rotatable bonds is 8. The molecule has 0 spiro atoms. The molecule has 1 aliphatic heterocycles. The topological polar surface area (TPSA) is 113 Å². The van der Waals surface area contributed by atoms with Gasteiger partial charge in [-0.1, -0.05) is 65.7 Å². The molecule has 9 nitrogen and oxygen atoms in total. The number of aromatic nitrogens is 2. The quantitative estimate of drug-likeness (QED) is 0.107. The predicted octanol–water partition coefficient (Wildman–Crippen LogP) is 5.45. The first-order valence-corrected chi connectivity index (χ1v) is 14.4. The smallest absolute Gasteiger partial charge is 0.258 e. The highest BCUT2D eigenvalue weighted by Gasteiger charge is 2.25. The average Bonchev–Trinajstić information content (AvgIpc) is 3.41. The number of benzene rings is 3. The van der Waals surface area contributed by atoms with Crippen molar-refractivity contribution in [3.05, 3.63) is 111 Å². The van der Waals surface area contributed by atoms with Gasteiger partial charge in [-0.05, 0) is 73.5 Å². The second-order valence-electron chi connectivity index (χ2n) is 10.2. The number of nitrogens with two attached hydrogens (primary N) is 1. The van der Waals surface area contributed by atoms with Crippen molar-refractivity contribution >= 4 is 41.8 Å². The zero-order valence-electron chi connectivity index (χ0n) is 23.0. The Labute approximate surface area is 255 Å². The summed E-state index contributed by atoms with van der Waals surface area (Å²) >= 11 is 12.6. The van der Waals surface area contributed by atoms with E-state index in [-0.39, 0.29) is 11.9 Å². The average molecular weight is 604 g/mol. The zero-order valence-corrected chi connectivity index (χ0v) is 24.5. The first-order chi connectivity index (χ1) is 20.4. The normalized spacial score (nSPS) is 14.5. The van der Waals surface area contributed by atoms with E-state index in [1.165, 1.54) is 11.3 Å². The molecule has 11 heteroatoms. The maximum atomic E-state index is 12.6. The molecular weight excluding hydrogens is 571 g/mol. The van der Waals surface area contributed by atoms with Crippen molar-refractivity contribution in [1.82, 2.24) is 25.4 Å². The highest BCUT2D eigenvalue weighted by molar-refractivity contribution is 6.35. The summed E-state index contributed by atoms with van der Waals surface area (Å²) in [6.07, 6.45) is 2.07. The molecule has 216 valence electrons. The number of likely N-dealkylation sites (tertiary alicyclic amines) is 1. The minimum Gasteiger partial charge on any atom is -0.320 e. The molecule has 4 aromatic rings. The van der Waals surface area contributed by atoms with E-state index in [1.54, 1.807) is 18.2 Å². The summed E-state index contributed by atoms with van der Waals surface area (Å²) in [5, 5.41) is 15.6. The van der Waals surface area contributed by atoms with E-state index < -0.39 is 0 Å². The van der Waals surface area contributed by atoms with Crippen LogP contribution in [0.25, 0.3) is 11.3 Å². The maximum Gasteiger partial charge on any atom is 0.258 e. The lowest BCUT2D eigenvalue weighted by molar-refractivity contribution is 0.0975. The van der Waals surface area contributed by atoms with Crippen LogP contribution in [0, 0.1) is 0 Å². The van der Waals surface area contributed by atoms with Gasteiger partial charge in [0, 0.05) is 46.0 Å². The van der Waals surface area contributed by atoms with E-state index in [4.69, 9.17) is 34.1 Å². The molecule has 1 amide bonds. The highest BCUT2D eigenvalue weighted by Crippen LogP contribution is 2.33. The third-order valence-electron chi connectivity index (χ3n) is 7.32. The number of hydrogen-bond acceptors (Lipinski definition) is 6. The largest absolute Gasteiger partial charge is 0.320 e. The van der Waals surface area contributed by atoms with Gasteiger partial charge in [0.25, 0.3) is 5.91 Å². The number of carbonyl (C=O) groups excluding carboxylic acids is 1. The van der Waals surface area contributed by atoms with E-state index in [0.29, 0.717) is 28.1 Å². The molecular formula is C31H32Cl2N8O. The number of nitrogens with zero attached hydrogens (tertiary/aromatic N) is 5. The van der Waals surface area contributed by atoms with E-state index in [2.05, 4.69) is 73.6 Å². The van der Waals surface area contributed by atoms with Crippen molar-refractivity contribution in [2.45, 2.75) is 31.8 Å². The monoisotopic (exact) mass is 602 g/mol. The van der Waals surface area contributed by atoms with Gasteiger partial charge in [0.1, 0.15) is 0 Å². The summed E-state index contributed by atoms with van der Waals surface area (Å²) in [5.41, 5.74) is 8.09. The summed E-state index contributed by atoms with van der Waals surface area (Å²) in [4.78, 5) is 15.1. The number of piperidine rings is 1. The van der Waals surface area contributed by atoms with Gasteiger partial charge in [0.15, 0.2) is 0 Å². The Morgan fingerprint density at radius 2 is 1.62 bits per heavy atom. The Bertz CT molecular complexity index is 1540. The molecule has 0 atom stereocenters. The van der Waals surface area contributed by atoms with E-state index in [1.807, 2.05) is 24.3 Å². The Morgan fingerprint density at radius 3 is 2.26 bits per heavy atom. The standard InChI is InChI=1S/C31H32Cl2N8O/c1-35-38-31(37-34)36-30(42)24-9-7-22(8-10-24)20-41-29(18-28(39-41)25-15-26(32)17-27(33)16-25)23-11-13-40(14-12-23)19-21-5-3-2-4-6-21/h2-10,15-18,23H,1,11-14,19-20,34H2,(H2,36,37,38,42). The molecule has 5 rings (SSSR count). The van der Waals surface area contributed by atoms with Crippen LogP contribution in [-0.4, -0.2) is 46.4 Å². The maximum absolute atomic E-state index is 12.6. The lowest BCUT2D eigenvalue weighted by Crippen LogP contribution is -2.39. The molecule has 0 aliphatic carbocycles. The fourth-order valence-electron chi connectivity index (χ4n) is 5.24. The number of nitrogens with one attached hydrogen (secondary N) is 2. The van der Waals surface area contributed by atoms with Crippen molar-refractivity contribution in [3.8, 4) is 11.3 Å². The van der Waals surface area contributed by atoms with Crippen LogP contribution in [0.1, 0.15) is 45.9 Å². The van der Waals surface area contributed by atoms with Gasteiger partial charge in [-0.2, -0.15) is 10.2 Å². The van der Waals surface area contributed by atoms with Gasteiger partial charge in [-0.25, -0.2) is 5.43 Å². The molecule has 1 fully saturated rings. The van der Waals surface area contributed by atoms with Gasteiger partial charge in [0.2, 0.25) is 5.96 Å². The second kappa shape index (κ2) is 13.7. The summed E-state index contributed by atoms with van der Waals surface area (Å²) in [6.45, 7) is 6.83. The van der Waals surface area contributed by atoms with Crippen LogP contribution in [-0.2, 0) is 13.1 Å². The highest BCUT2D eigenvalue weighted by atomic mass is 35.5. The summed E-state index contributed by atoms with van der Waals surface area (Å²) in [6, 6.07) is 25.6. The Hall–Kier alpha value is -4.18. The zero-order chi connectivity index (χ0) is 29.5. The lowest BCUT2D eigenvalue weighted by Gasteiger charge is -2.32. The van der Waals surface area contributed by atoms with Crippen LogP contribution in [0.15, 0.2) is 89.1 Å². The SMILES string of the molecule is C=NNC(=NN)NC(=O)c1ccc(Cn2nc(-c3cc(Cl)cc(Cl)c3)cc2C2CCN(Cc3ccccc3)CC2)cc1. The first kappa shape index (κ1) is 29.3. The van der Waals surface area contributed by atoms with Crippen LogP contribution in [0.4, 0.5) is 0 Å². The van der Waals surface area contributed by atoms with Gasteiger partial charge < -0.3 is 5.84 Å². The van der Waals surface area contributed by atoms with Crippen molar-refractivity contribution in [2.24, 2.45) is 16.0 Å². The van der Waals surface area contributed by atoms with Crippen LogP contribution in [0.5, 0.6) is 0 Å². The third kappa shape index (κ3) is 7.36. The molecule has 0 saturated carbocycles. The molecule has 0 bridgehead atoms. The van der Waals surface area contributed by atoms with Gasteiger partial charge in [-0.15, -0.1) is 5.10 Å². The molecule has 1 aromatic heterocycles. The molecule has 0 unspecified atom stereocenters. The number of guanidine groups is 1. The van der Waals surface area contributed by atoms with Crippen LogP contribution >= 0.6 is 23.2 Å². The predicted molar refractivity (Wildman–Crippen MR) is 169 cm³/mol. The van der Waals surface area contributed by atoms with E-state index in [0.717, 1.165) is 49.3 Å². The minimum absolute atomic E-state index is 0.00345. The fraction of sp³-hybridized carbons (Fsp3) is 0.226. The summed E-state index contributed by atoms with van der Waals surface area (Å²) in [7, 11) is 0. The van der Waals surface area contributed by atoms with Crippen molar-refractivity contribution in [1.29, 1.82) is 0 Å². The van der Waals surface area contributed by atoms with Crippen molar-refractivity contribution in [2.75, 3.05) is 13.1 Å². The lowest BCUT2D eigenvalue weighted by atomic mass is 9.92. The number of hydrogen-bond donors (Lipinski definition) is 3.